The van der Waals surface area contributed by atoms with E-state index in [9.17, 15) is 9.59 Å². The molecule has 0 fully saturated rings. The lowest BCUT2D eigenvalue weighted by molar-refractivity contribution is -0.133. The Hall–Kier alpha value is -2.19. The third kappa shape index (κ3) is 3.20. The molecule has 2 aromatic rings. The largest absolute Gasteiger partial charge is 0.476 e. The van der Waals surface area contributed by atoms with Gasteiger partial charge in [0.1, 0.15) is 17.3 Å². The van der Waals surface area contributed by atoms with Crippen LogP contribution >= 0.6 is 22.9 Å². The van der Waals surface area contributed by atoms with E-state index in [0.29, 0.717) is 21.6 Å². The molecule has 0 radical (unpaired) electrons. The molecule has 9 heteroatoms. The van der Waals surface area contributed by atoms with E-state index in [4.69, 9.17) is 16.3 Å². The van der Waals surface area contributed by atoms with Crippen molar-refractivity contribution in [3.63, 3.8) is 0 Å². The Labute approximate surface area is 147 Å². The lowest BCUT2D eigenvalue weighted by Gasteiger charge is -2.38. The van der Waals surface area contributed by atoms with E-state index in [0.717, 1.165) is 5.01 Å². The van der Waals surface area contributed by atoms with Gasteiger partial charge in [0, 0.05) is 5.02 Å². The van der Waals surface area contributed by atoms with Crippen LogP contribution in [-0.4, -0.2) is 34.2 Å². The molecular weight excluding hydrogens is 352 g/mol. The van der Waals surface area contributed by atoms with Crippen molar-refractivity contribution in [2.45, 2.75) is 26.4 Å². The summed E-state index contributed by atoms with van der Waals surface area (Å²) < 4.78 is 5.72. The summed E-state index contributed by atoms with van der Waals surface area (Å²) in [6, 6.07) is 4.96. The maximum absolute atomic E-state index is 12.7. The van der Waals surface area contributed by atoms with Crippen molar-refractivity contribution in [3.05, 3.63) is 28.2 Å². The topological polar surface area (TPSA) is 84.4 Å². The van der Waals surface area contributed by atoms with Crippen LogP contribution in [0.4, 0.5) is 10.8 Å². The minimum atomic E-state index is -1.07. The van der Waals surface area contributed by atoms with Gasteiger partial charge in [-0.25, -0.2) is 0 Å². The molecule has 0 atom stereocenters. The fourth-order valence-corrected chi connectivity index (χ4v) is 3.12. The van der Waals surface area contributed by atoms with Gasteiger partial charge in [-0.1, -0.05) is 22.9 Å². The van der Waals surface area contributed by atoms with E-state index in [1.807, 2.05) is 0 Å². The van der Waals surface area contributed by atoms with Gasteiger partial charge in [0.05, 0.1) is 5.69 Å². The summed E-state index contributed by atoms with van der Waals surface area (Å²) in [5.74, 6) is -0.187. The van der Waals surface area contributed by atoms with Gasteiger partial charge in [-0.05, 0) is 39.0 Å². The zero-order chi connectivity index (χ0) is 17.5. The zero-order valence-corrected chi connectivity index (χ0v) is 14.9. The number of rotatable bonds is 3. The van der Waals surface area contributed by atoms with Crippen molar-refractivity contribution in [2.75, 3.05) is 16.8 Å². The molecule has 0 bridgehead atoms. The van der Waals surface area contributed by atoms with Gasteiger partial charge in [-0.3, -0.25) is 19.8 Å². The molecule has 0 spiro atoms. The monoisotopic (exact) mass is 366 g/mol. The Bertz CT molecular complexity index is 821. The fourth-order valence-electron chi connectivity index (χ4n) is 2.35. The predicted molar refractivity (Wildman–Crippen MR) is 91.8 cm³/mol. The molecule has 126 valence electrons. The second-order valence-corrected chi connectivity index (χ2v) is 7.41. The van der Waals surface area contributed by atoms with Crippen molar-refractivity contribution in [3.8, 4) is 5.75 Å². The van der Waals surface area contributed by atoms with Crippen LogP contribution in [0.2, 0.25) is 5.02 Å². The molecular formula is C15H15ClN4O3S. The molecule has 1 aromatic heterocycles. The number of carbonyl (C=O) groups excluding carboxylic acids is 2. The van der Waals surface area contributed by atoms with Crippen LogP contribution in [0.5, 0.6) is 5.75 Å². The highest BCUT2D eigenvalue weighted by molar-refractivity contribution is 7.15. The number of hydrogen-bond acceptors (Lipinski definition) is 6. The summed E-state index contributed by atoms with van der Waals surface area (Å²) in [5.41, 5.74) is -0.601. The van der Waals surface area contributed by atoms with E-state index < -0.39 is 5.60 Å². The SMILES string of the molecule is Cc1nnc(NC(=O)CN2C(=O)C(C)(C)Oc3ccc(Cl)cc32)s1. The number of hydrogen-bond donors (Lipinski definition) is 1. The summed E-state index contributed by atoms with van der Waals surface area (Å²) in [4.78, 5) is 26.3. The molecule has 0 aliphatic carbocycles. The number of aromatic nitrogens is 2. The number of aryl methyl sites for hydroxylation is 1. The number of nitrogens with one attached hydrogen (secondary N) is 1. The Balaban J connectivity index is 1.86. The molecule has 2 amide bonds. The number of carbonyl (C=O) groups is 2. The number of amides is 2. The van der Waals surface area contributed by atoms with Crippen molar-refractivity contribution < 1.29 is 14.3 Å². The van der Waals surface area contributed by atoms with Crippen molar-refractivity contribution in [1.82, 2.24) is 10.2 Å². The first kappa shape index (κ1) is 16.7. The molecule has 1 aliphatic rings. The average molecular weight is 367 g/mol. The number of halogens is 1. The molecule has 1 N–H and O–H groups in total. The first-order valence-electron chi connectivity index (χ1n) is 7.17. The molecule has 0 saturated carbocycles. The quantitative estimate of drug-likeness (QED) is 0.902. The zero-order valence-electron chi connectivity index (χ0n) is 13.3. The van der Waals surface area contributed by atoms with Crippen LogP contribution in [0.15, 0.2) is 18.2 Å². The predicted octanol–water partition coefficient (Wildman–Crippen LogP) is 2.64. The third-order valence-electron chi connectivity index (χ3n) is 3.41. The van der Waals surface area contributed by atoms with Crippen molar-refractivity contribution in [1.29, 1.82) is 0 Å². The summed E-state index contributed by atoms with van der Waals surface area (Å²) in [6.45, 7) is 4.94. The molecule has 0 saturated heterocycles. The summed E-state index contributed by atoms with van der Waals surface area (Å²) >= 11 is 7.28. The fraction of sp³-hybridized carbons (Fsp3) is 0.333. The van der Waals surface area contributed by atoms with Gasteiger partial charge in [0.2, 0.25) is 11.0 Å². The van der Waals surface area contributed by atoms with Gasteiger partial charge >= 0.3 is 0 Å². The molecule has 7 nitrogen and oxygen atoms in total. The molecule has 24 heavy (non-hydrogen) atoms. The first-order valence-corrected chi connectivity index (χ1v) is 8.36. The summed E-state index contributed by atoms with van der Waals surface area (Å²) in [7, 11) is 0. The lowest BCUT2D eigenvalue weighted by Crippen LogP contribution is -2.54. The van der Waals surface area contributed by atoms with Crippen LogP contribution in [0, 0.1) is 6.92 Å². The highest BCUT2D eigenvalue weighted by atomic mass is 35.5. The number of nitrogens with zero attached hydrogens (tertiary/aromatic N) is 3. The van der Waals surface area contributed by atoms with Crippen molar-refractivity contribution >= 4 is 45.6 Å². The van der Waals surface area contributed by atoms with Gasteiger partial charge < -0.3 is 4.74 Å². The van der Waals surface area contributed by atoms with E-state index in [-0.39, 0.29) is 18.4 Å². The second-order valence-electron chi connectivity index (χ2n) is 5.79. The summed E-state index contributed by atoms with van der Waals surface area (Å²) in [6.07, 6.45) is 0. The Morgan fingerprint density at radius 2 is 2.17 bits per heavy atom. The van der Waals surface area contributed by atoms with Crippen LogP contribution < -0.4 is 15.0 Å². The van der Waals surface area contributed by atoms with E-state index in [1.165, 1.54) is 16.2 Å². The smallest absolute Gasteiger partial charge is 0.271 e. The minimum Gasteiger partial charge on any atom is -0.476 e. The summed E-state index contributed by atoms with van der Waals surface area (Å²) in [5, 5.41) is 11.9. The molecule has 2 heterocycles. The van der Waals surface area contributed by atoms with Gasteiger partial charge in [-0.15, -0.1) is 10.2 Å². The average Bonchev–Trinajstić information content (AvgIpc) is 2.89. The van der Waals surface area contributed by atoms with E-state index >= 15 is 0 Å². The molecule has 3 rings (SSSR count). The maximum atomic E-state index is 12.7. The number of ether oxygens (including phenoxy) is 1. The second kappa shape index (κ2) is 6.03. The minimum absolute atomic E-state index is 0.169. The standard InChI is InChI=1S/C15H15ClN4O3S/c1-8-18-19-14(24-8)17-12(21)7-20-10-6-9(16)4-5-11(10)23-15(2,3)13(20)22/h4-6H,7H2,1-3H3,(H,17,19,21). The van der Waals surface area contributed by atoms with Gasteiger partial charge in [0.15, 0.2) is 5.60 Å². The van der Waals surface area contributed by atoms with Crippen LogP contribution in [0.1, 0.15) is 18.9 Å². The van der Waals surface area contributed by atoms with E-state index in [1.54, 1.807) is 39.0 Å². The maximum Gasteiger partial charge on any atom is 0.271 e. The van der Waals surface area contributed by atoms with Crippen LogP contribution in [-0.2, 0) is 9.59 Å². The van der Waals surface area contributed by atoms with Crippen molar-refractivity contribution in [2.24, 2.45) is 0 Å². The highest BCUT2D eigenvalue weighted by Crippen LogP contribution is 2.39. The number of anilines is 2. The van der Waals surface area contributed by atoms with Gasteiger partial charge in [0.25, 0.3) is 5.91 Å². The van der Waals surface area contributed by atoms with E-state index in [2.05, 4.69) is 15.5 Å². The van der Waals surface area contributed by atoms with Crippen LogP contribution in [0.3, 0.4) is 0 Å². The normalized spacial score (nSPS) is 15.7. The van der Waals surface area contributed by atoms with Gasteiger partial charge in [-0.2, -0.15) is 0 Å². The molecule has 0 unspecified atom stereocenters. The first-order chi connectivity index (χ1) is 11.3. The highest BCUT2D eigenvalue weighted by Gasteiger charge is 2.41. The number of benzene rings is 1. The Kier molecular flexibility index (Phi) is 4.18. The molecule has 1 aliphatic heterocycles. The Morgan fingerprint density at radius 1 is 1.42 bits per heavy atom. The van der Waals surface area contributed by atoms with Crippen LogP contribution in [0.25, 0.3) is 0 Å². The number of fused-ring (bicyclic) bond motifs is 1. The Morgan fingerprint density at radius 3 is 2.83 bits per heavy atom. The molecule has 1 aromatic carbocycles. The third-order valence-corrected chi connectivity index (χ3v) is 4.40. The lowest BCUT2D eigenvalue weighted by atomic mass is 10.0.